The molecule has 0 saturated heterocycles. The Kier molecular flexibility index (Phi) is 5.19. The van der Waals surface area contributed by atoms with Gasteiger partial charge in [-0.2, -0.15) is 5.26 Å². The lowest BCUT2D eigenvalue weighted by Gasteiger charge is -2.43. The van der Waals surface area contributed by atoms with Gasteiger partial charge in [0.2, 0.25) is 0 Å². The minimum atomic E-state index is -0.426. The molecule has 0 saturated carbocycles. The molecular weight excluding hydrogens is 372 g/mol. The highest BCUT2D eigenvalue weighted by molar-refractivity contribution is 6.00. The molecule has 0 spiro atoms. The van der Waals surface area contributed by atoms with Crippen LogP contribution in [0.1, 0.15) is 41.4 Å². The number of carbonyl (C=O) groups is 1. The molecule has 0 amide bonds. The van der Waals surface area contributed by atoms with Gasteiger partial charge < -0.3 is 5.73 Å². The lowest BCUT2D eigenvalue weighted by atomic mass is 9.72. The third kappa shape index (κ3) is 3.30. The second-order valence-corrected chi connectivity index (χ2v) is 8.22. The van der Waals surface area contributed by atoms with E-state index >= 15 is 0 Å². The van der Waals surface area contributed by atoms with Crippen LogP contribution in [0, 0.1) is 18.3 Å². The number of rotatable bonds is 3. The van der Waals surface area contributed by atoms with Gasteiger partial charge in [0.1, 0.15) is 5.82 Å². The number of allylic oxidation sites excluding steroid dienone is 3. The smallest absolute Gasteiger partial charge is 0.162 e. The van der Waals surface area contributed by atoms with Gasteiger partial charge in [0.15, 0.2) is 5.78 Å². The molecule has 1 aliphatic heterocycles. The van der Waals surface area contributed by atoms with Crippen LogP contribution in [0.4, 0.5) is 0 Å². The van der Waals surface area contributed by atoms with Crippen molar-refractivity contribution < 1.29 is 4.79 Å². The zero-order chi connectivity index (χ0) is 21.4. The van der Waals surface area contributed by atoms with E-state index in [-0.39, 0.29) is 11.7 Å². The molecule has 5 nitrogen and oxygen atoms in total. The SMILES string of the molecule is Cc1cccc([C@H]2C(C#N)=C(N)N(N(C)C)C3=C2C(=O)C[C@H](c2ccccc2)C3)c1. The number of nitrogens with zero attached hydrogens (tertiary/aromatic N) is 3. The maximum Gasteiger partial charge on any atom is 0.162 e. The van der Waals surface area contributed by atoms with Crippen molar-refractivity contribution in [3.63, 3.8) is 0 Å². The third-order valence-electron chi connectivity index (χ3n) is 5.99. The first-order valence-corrected chi connectivity index (χ1v) is 10.2. The van der Waals surface area contributed by atoms with Crippen LogP contribution >= 0.6 is 0 Å². The Labute approximate surface area is 177 Å². The molecular formula is C25H26N4O. The quantitative estimate of drug-likeness (QED) is 0.847. The van der Waals surface area contributed by atoms with E-state index in [1.54, 1.807) is 0 Å². The number of hydrazine groups is 1. The van der Waals surface area contributed by atoms with E-state index in [0.717, 1.165) is 22.4 Å². The normalized spacial score (nSPS) is 21.7. The van der Waals surface area contributed by atoms with Gasteiger partial charge in [0.25, 0.3) is 0 Å². The first kappa shape index (κ1) is 19.9. The molecule has 30 heavy (non-hydrogen) atoms. The minimum absolute atomic E-state index is 0.0868. The third-order valence-corrected chi connectivity index (χ3v) is 5.99. The fourth-order valence-electron chi connectivity index (χ4n) is 4.71. The summed E-state index contributed by atoms with van der Waals surface area (Å²) in [5, 5.41) is 13.7. The number of nitriles is 1. The van der Waals surface area contributed by atoms with Crippen LogP contribution in [0.15, 0.2) is 77.3 Å². The summed E-state index contributed by atoms with van der Waals surface area (Å²) < 4.78 is 0. The monoisotopic (exact) mass is 398 g/mol. The molecule has 0 aromatic heterocycles. The Hall–Kier alpha value is -3.36. The fourth-order valence-corrected chi connectivity index (χ4v) is 4.71. The largest absolute Gasteiger partial charge is 0.383 e. The van der Waals surface area contributed by atoms with Crippen LogP contribution < -0.4 is 5.73 Å². The summed E-state index contributed by atoms with van der Waals surface area (Å²) >= 11 is 0. The van der Waals surface area contributed by atoms with Gasteiger partial charge >= 0.3 is 0 Å². The summed E-state index contributed by atoms with van der Waals surface area (Å²) in [6.45, 7) is 2.01. The van der Waals surface area contributed by atoms with Gasteiger partial charge in [0.05, 0.1) is 17.6 Å². The van der Waals surface area contributed by atoms with E-state index in [2.05, 4.69) is 18.2 Å². The molecule has 1 aliphatic carbocycles. The number of nitrogens with two attached hydrogens (primary N) is 1. The van der Waals surface area contributed by atoms with Gasteiger partial charge in [0, 0.05) is 31.8 Å². The van der Waals surface area contributed by atoms with Gasteiger partial charge in [-0.3, -0.25) is 9.80 Å². The first-order chi connectivity index (χ1) is 14.4. The van der Waals surface area contributed by atoms with Crippen molar-refractivity contribution in [1.29, 1.82) is 5.26 Å². The highest BCUT2D eigenvalue weighted by Crippen LogP contribution is 2.48. The van der Waals surface area contributed by atoms with Gasteiger partial charge in [-0.15, -0.1) is 0 Å². The summed E-state index contributed by atoms with van der Waals surface area (Å²) in [5.74, 6) is 0.151. The van der Waals surface area contributed by atoms with Crippen LogP contribution in [0.2, 0.25) is 0 Å². The van der Waals surface area contributed by atoms with E-state index in [1.165, 1.54) is 0 Å². The number of hydrogen-bond acceptors (Lipinski definition) is 5. The van der Waals surface area contributed by atoms with Gasteiger partial charge in [-0.05, 0) is 30.4 Å². The lowest BCUT2D eigenvalue weighted by Crippen LogP contribution is -2.46. The van der Waals surface area contributed by atoms with Gasteiger partial charge in [-0.1, -0.05) is 60.2 Å². The summed E-state index contributed by atoms with van der Waals surface area (Å²) in [5.41, 5.74) is 11.7. The fraction of sp³-hybridized carbons (Fsp3) is 0.280. The van der Waals surface area contributed by atoms with Crippen molar-refractivity contribution in [2.24, 2.45) is 5.73 Å². The molecule has 0 unspecified atom stereocenters. The number of carbonyl (C=O) groups excluding carboxylic acids is 1. The Balaban J connectivity index is 1.90. The summed E-state index contributed by atoms with van der Waals surface area (Å²) in [4.78, 5) is 13.5. The van der Waals surface area contributed by atoms with Crippen molar-refractivity contribution in [2.75, 3.05) is 14.1 Å². The van der Waals surface area contributed by atoms with E-state index in [0.29, 0.717) is 29.8 Å². The standard InChI is InChI=1S/C25H26N4O/c1-16-8-7-11-18(12-16)23-20(15-26)25(27)29(28(2)3)21-13-19(14-22(30)24(21)23)17-9-5-4-6-10-17/h4-12,19,23H,13-14,27H2,1-3H3/t19-,23+/m1/s1. The van der Waals surface area contributed by atoms with Crippen LogP contribution in [0.3, 0.4) is 0 Å². The number of Topliss-reactive ketones (excluding diaryl/α,β-unsaturated/α-hetero) is 1. The molecule has 0 radical (unpaired) electrons. The van der Waals surface area contributed by atoms with Crippen molar-refractivity contribution in [3.8, 4) is 6.07 Å². The molecule has 2 N–H and O–H groups in total. The highest BCUT2D eigenvalue weighted by atomic mass is 16.1. The Morgan fingerprint density at radius 1 is 1.07 bits per heavy atom. The zero-order valence-corrected chi connectivity index (χ0v) is 17.6. The predicted molar refractivity (Wildman–Crippen MR) is 117 cm³/mol. The zero-order valence-electron chi connectivity index (χ0n) is 17.6. The lowest BCUT2D eigenvalue weighted by molar-refractivity contribution is -0.117. The maximum absolute atomic E-state index is 13.5. The minimum Gasteiger partial charge on any atom is -0.383 e. The molecule has 2 aromatic rings. The van der Waals surface area contributed by atoms with E-state index in [9.17, 15) is 10.1 Å². The van der Waals surface area contributed by atoms with Crippen LogP contribution in [-0.2, 0) is 4.79 Å². The number of aryl methyl sites for hydroxylation is 1. The summed E-state index contributed by atoms with van der Waals surface area (Å²) in [6.07, 6.45) is 1.13. The van der Waals surface area contributed by atoms with Crippen LogP contribution in [0.5, 0.6) is 0 Å². The van der Waals surface area contributed by atoms with Crippen LogP contribution in [-0.4, -0.2) is 29.9 Å². The Morgan fingerprint density at radius 3 is 2.40 bits per heavy atom. The van der Waals surface area contributed by atoms with Crippen molar-refractivity contribution in [2.45, 2.75) is 31.6 Å². The molecule has 5 heteroatoms. The topological polar surface area (TPSA) is 73.4 Å². The van der Waals surface area contributed by atoms with E-state index in [1.807, 2.05) is 73.5 Å². The number of hydrogen-bond donors (Lipinski definition) is 1. The van der Waals surface area contributed by atoms with Crippen molar-refractivity contribution in [1.82, 2.24) is 10.0 Å². The predicted octanol–water partition coefficient (Wildman–Crippen LogP) is 3.97. The maximum atomic E-state index is 13.5. The molecule has 0 fully saturated rings. The van der Waals surface area contributed by atoms with Gasteiger partial charge in [-0.25, -0.2) is 5.01 Å². The number of ketones is 1. The average molecular weight is 399 g/mol. The molecule has 0 bridgehead atoms. The molecule has 152 valence electrons. The molecule has 1 heterocycles. The summed E-state index contributed by atoms with van der Waals surface area (Å²) in [6, 6.07) is 20.5. The molecule has 2 aromatic carbocycles. The van der Waals surface area contributed by atoms with Crippen molar-refractivity contribution in [3.05, 3.63) is 94.0 Å². The molecule has 2 aliphatic rings. The second kappa shape index (κ2) is 7.81. The highest BCUT2D eigenvalue weighted by Gasteiger charge is 2.43. The Morgan fingerprint density at radius 2 is 1.77 bits per heavy atom. The van der Waals surface area contributed by atoms with Crippen molar-refractivity contribution >= 4 is 5.78 Å². The molecule has 4 rings (SSSR count). The number of benzene rings is 2. The first-order valence-electron chi connectivity index (χ1n) is 10.2. The van der Waals surface area contributed by atoms with Crippen LogP contribution in [0.25, 0.3) is 0 Å². The Bertz CT molecular complexity index is 1090. The average Bonchev–Trinajstić information content (AvgIpc) is 2.73. The van der Waals surface area contributed by atoms with E-state index in [4.69, 9.17) is 5.73 Å². The summed E-state index contributed by atoms with van der Waals surface area (Å²) in [7, 11) is 3.77. The second-order valence-electron chi connectivity index (χ2n) is 8.22. The van der Waals surface area contributed by atoms with E-state index < -0.39 is 5.92 Å². The molecule has 2 atom stereocenters.